The first kappa shape index (κ1) is 19.0. The largest absolute Gasteiger partial charge is 0.340 e. The van der Waals surface area contributed by atoms with Crippen LogP contribution in [0, 0.1) is 6.92 Å². The van der Waals surface area contributed by atoms with E-state index in [1.807, 2.05) is 37.0 Å². The predicted molar refractivity (Wildman–Crippen MR) is 110 cm³/mol. The van der Waals surface area contributed by atoms with E-state index in [0.717, 1.165) is 25.6 Å². The second kappa shape index (κ2) is 8.29. The molecule has 0 N–H and O–H groups in total. The van der Waals surface area contributed by atoms with Crippen LogP contribution in [0.15, 0.2) is 47.8 Å². The van der Waals surface area contributed by atoms with E-state index < -0.39 is 0 Å². The van der Waals surface area contributed by atoms with Crippen molar-refractivity contribution in [1.82, 2.24) is 14.5 Å². The SMILES string of the molecule is Cc1ccc(-c2cnc(SCC(=O)N(C)Cc3ccc(Cl)s3)n2C)cc1. The highest BCUT2D eigenvalue weighted by atomic mass is 35.5. The Morgan fingerprint density at radius 3 is 2.65 bits per heavy atom. The summed E-state index contributed by atoms with van der Waals surface area (Å²) in [5, 5.41) is 0.835. The van der Waals surface area contributed by atoms with Crippen LogP contribution < -0.4 is 0 Å². The van der Waals surface area contributed by atoms with E-state index in [4.69, 9.17) is 11.6 Å². The molecule has 0 saturated carbocycles. The first-order valence-corrected chi connectivity index (χ1v) is 10.3. The number of imidazole rings is 1. The number of benzene rings is 1. The maximum atomic E-state index is 12.4. The van der Waals surface area contributed by atoms with Crippen LogP contribution in [-0.2, 0) is 18.4 Å². The van der Waals surface area contributed by atoms with Gasteiger partial charge in [0.15, 0.2) is 5.16 Å². The van der Waals surface area contributed by atoms with Gasteiger partial charge in [-0.15, -0.1) is 11.3 Å². The van der Waals surface area contributed by atoms with Gasteiger partial charge in [-0.05, 0) is 24.6 Å². The second-order valence-electron chi connectivity index (χ2n) is 6.10. The van der Waals surface area contributed by atoms with Gasteiger partial charge in [-0.3, -0.25) is 4.79 Å². The molecule has 0 radical (unpaired) electrons. The highest BCUT2D eigenvalue weighted by molar-refractivity contribution is 7.99. The smallest absolute Gasteiger partial charge is 0.233 e. The normalized spacial score (nSPS) is 10.9. The van der Waals surface area contributed by atoms with Gasteiger partial charge in [-0.1, -0.05) is 53.2 Å². The van der Waals surface area contributed by atoms with E-state index in [1.54, 1.807) is 4.90 Å². The number of halogens is 1. The van der Waals surface area contributed by atoms with Crippen molar-refractivity contribution in [3.8, 4) is 11.3 Å². The quantitative estimate of drug-likeness (QED) is 0.549. The number of carbonyl (C=O) groups excluding carboxylic acids is 1. The van der Waals surface area contributed by atoms with E-state index in [1.165, 1.54) is 28.7 Å². The summed E-state index contributed by atoms with van der Waals surface area (Å²) in [6.07, 6.45) is 1.86. The number of rotatable bonds is 6. The molecule has 0 aliphatic carbocycles. The van der Waals surface area contributed by atoms with Crippen molar-refractivity contribution in [3.63, 3.8) is 0 Å². The van der Waals surface area contributed by atoms with Crippen LogP contribution in [0.4, 0.5) is 0 Å². The lowest BCUT2D eigenvalue weighted by Gasteiger charge is -2.15. The molecule has 2 heterocycles. The number of hydrogen-bond donors (Lipinski definition) is 0. The van der Waals surface area contributed by atoms with Crippen molar-refractivity contribution in [3.05, 3.63) is 57.4 Å². The third-order valence-electron chi connectivity index (χ3n) is 4.07. The number of thioether (sulfide) groups is 1. The van der Waals surface area contributed by atoms with Crippen LogP contribution >= 0.6 is 34.7 Å². The molecule has 2 aromatic heterocycles. The molecular formula is C19H20ClN3OS2. The number of amides is 1. The molecule has 0 saturated heterocycles. The van der Waals surface area contributed by atoms with Gasteiger partial charge in [0.1, 0.15) is 0 Å². The Bertz CT molecular complexity index is 902. The maximum Gasteiger partial charge on any atom is 0.233 e. The molecule has 7 heteroatoms. The zero-order valence-corrected chi connectivity index (χ0v) is 17.3. The van der Waals surface area contributed by atoms with Crippen molar-refractivity contribution in [2.45, 2.75) is 18.6 Å². The predicted octanol–water partition coefficient (Wildman–Crippen LogP) is 4.86. The summed E-state index contributed by atoms with van der Waals surface area (Å²) < 4.78 is 2.77. The Hall–Kier alpha value is -1.76. The Morgan fingerprint density at radius 1 is 1.27 bits per heavy atom. The van der Waals surface area contributed by atoms with Crippen molar-refractivity contribution in [2.75, 3.05) is 12.8 Å². The van der Waals surface area contributed by atoms with Crippen LogP contribution in [0.25, 0.3) is 11.3 Å². The monoisotopic (exact) mass is 405 g/mol. The lowest BCUT2D eigenvalue weighted by Crippen LogP contribution is -2.27. The summed E-state index contributed by atoms with van der Waals surface area (Å²) >= 11 is 8.90. The number of thiophene rings is 1. The zero-order valence-electron chi connectivity index (χ0n) is 14.9. The summed E-state index contributed by atoms with van der Waals surface area (Å²) in [6.45, 7) is 2.65. The molecule has 0 aliphatic rings. The third kappa shape index (κ3) is 4.50. The Kier molecular flexibility index (Phi) is 6.06. The summed E-state index contributed by atoms with van der Waals surface area (Å²) in [5.41, 5.74) is 3.39. The number of carbonyl (C=O) groups is 1. The number of nitrogens with zero attached hydrogens (tertiary/aromatic N) is 3. The minimum absolute atomic E-state index is 0.0689. The molecule has 0 fully saturated rings. The fraction of sp³-hybridized carbons (Fsp3) is 0.263. The maximum absolute atomic E-state index is 12.4. The molecule has 0 bridgehead atoms. The fourth-order valence-corrected chi connectivity index (χ4v) is 4.55. The van der Waals surface area contributed by atoms with E-state index in [2.05, 4.69) is 36.2 Å². The Labute approximate surface area is 166 Å². The lowest BCUT2D eigenvalue weighted by molar-refractivity contribution is -0.127. The molecule has 0 spiro atoms. The van der Waals surface area contributed by atoms with Crippen molar-refractivity contribution in [2.24, 2.45) is 7.05 Å². The van der Waals surface area contributed by atoms with Gasteiger partial charge in [0, 0.05) is 19.0 Å². The van der Waals surface area contributed by atoms with Crippen molar-refractivity contribution >= 4 is 40.6 Å². The van der Waals surface area contributed by atoms with Gasteiger partial charge < -0.3 is 9.47 Å². The number of hydrogen-bond acceptors (Lipinski definition) is 4. The molecule has 0 aliphatic heterocycles. The highest BCUT2D eigenvalue weighted by Crippen LogP contribution is 2.26. The standard InChI is InChI=1S/C19H20ClN3OS2/c1-13-4-6-14(7-5-13)16-10-21-19(23(16)3)25-12-18(24)22(2)11-15-8-9-17(20)26-15/h4-10H,11-12H2,1-3H3. The summed E-state index contributed by atoms with van der Waals surface area (Å²) in [7, 11) is 3.79. The molecule has 0 unspecified atom stereocenters. The first-order chi connectivity index (χ1) is 12.4. The molecule has 3 rings (SSSR count). The Morgan fingerprint density at radius 2 is 2.00 bits per heavy atom. The average Bonchev–Trinajstić information content (AvgIpc) is 3.19. The van der Waals surface area contributed by atoms with Gasteiger partial charge >= 0.3 is 0 Å². The van der Waals surface area contributed by atoms with Crippen LogP contribution in [0.2, 0.25) is 4.34 Å². The average molecular weight is 406 g/mol. The van der Waals surface area contributed by atoms with Crippen LogP contribution in [0.3, 0.4) is 0 Å². The summed E-state index contributed by atoms with van der Waals surface area (Å²) in [6, 6.07) is 12.2. The minimum atomic E-state index is 0.0689. The van der Waals surface area contributed by atoms with Gasteiger partial charge in [0.05, 0.1) is 28.5 Å². The fourth-order valence-electron chi connectivity index (χ4n) is 2.51. The van der Waals surface area contributed by atoms with E-state index in [-0.39, 0.29) is 5.91 Å². The van der Waals surface area contributed by atoms with Gasteiger partial charge in [0.25, 0.3) is 0 Å². The molecule has 1 aromatic carbocycles. The van der Waals surface area contributed by atoms with Gasteiger partial charge in [-0.2, -0.15) is 0 Å². The third-order valence-corrected chi connectivity index (χ3v) is 6.31. The van der Waals surface area contributed by atoms with Gasteiger partial charge in [0.2, 0.25) is 5.91 Å². The Balaban J connectivity index is 1.61. The molecule has 3 aromatic rings. The van der Waals surface area contributed by atoms with Crippen LogP contribution in [0.1, 0.15) is 10.4 Å². The van der Waals surface area contributed by atoms with Crippen molar-refractivity contribution in [1.29, 1.82) is 0 Å². The van der Waals surface area contributed by atoms with Gasteiger partial charge in [-0.25, -0.2) is 4.98 Å². The summed E-state index contributed by atoms with van der Waals surface area (Å²) in [5.74, 6) is 0.424. The van der Waals surface area contributed by atoms with Crippen LogP contribution in [-0.4, -0.2) is 33.2 Å². The molecule has 26 heavy (non-hydrogen) atoms. The first-order valence-electron chi connectivity index (χ1n) is 8.14. The number of aryl methyl sites for hydroxylation is 1. The van der Waals surface area contributed by atoms with Crippen molar-refractivity contribution < 1.29 is 4.79 Å². The topological polar surface area (TPSA) is 38.1 Å². The van der Waals surface area contributed by atoms with Crippen LogP contribution in [0.5, 0.6) is 0 Å². The molecular weight excluding hydrogens is 386 g/mol. The summed E-state index contributed by atoms with van der Waals surface area (Å²) in [4.78, 5) is 19.7. The second-order valence-corrected chi connectivity index (χ2v) is 8.84. The van der Waals surface area contributed by atoms with E-state index in [9.17, 15) is 4.79 Å². The van der Waals surface area contributed by atoms with E-state index in [0.29, 0.717) is 12.3 Å². The number of aromatic nitrogens is 2. The molecule has 0 atom stereocenters. The lowest BCUT2D eigenvalue weighted by atomic mass is 10.1. The minimum Gasteiger partial charge on any atom is -0.340 e. The van der Waals surface area contributed by atoms with E-state index >= 15 is 0 Å². The zero-order chi connectivity index (χ0) is 18.7. The highest BCUT2D eigenvalue weighted by Gasteiger charge is 2.14. The molecule has 4 nitrogen and oxygen atoms in total. The molecule has 136 valence electrons. The molecule has 1 amide bonds.